The van der Waals surface area contributed by atoms with Gasteiger partial charge in [-0.15, -0.1) is 11.3 Å². The number of carbonyl (C=O) groups excluding carboxylic acids is 1. The highest BCUT2D eigenvalue weighted by atomic mass is 32.1. The summed E-state index contributed by atoms with van der Waals surface area (Å²) in [6, 6.07) is 0. The lowest BCUT2D eigenvalue weighted by atomic mass is 10.3. The average Bonchev–Trinajstić information content (AvgIpc) is 3.10. The molecule has 0 radical (unpaired) electrons. The summed E-state index contributed by atoms with van der Waals surface area (Å²) in [5, 5.41) is 1.05. The molecule has 0 aliphatic carbocycles. The lowest BCUT2D eigenvalue weighted by Gasteiger charge is -2.34. The number of piperazine rings is 1. The Labute approximate surface area is 146 Å². The fraction of sp³-hybridized carbons (Fsp3) is 0.500. The van der Waals surface area contributed by atoms with E-state index in [0.717, 1.165) is 30.5 Å². The van der Waals surface area contributed by atoms with Crippen LogP contribution >= 0.6 is 11.3 Å². The average molecular weight is 346 g/mol. The monoisotopic (exact) mass is 346 g/mol. The Kier molecular flexibility index (Phi) is 4.94. The smallest absolute Gasteiger partial charge is 0.274 e. The SMILES string of the molecule is CCc1cnc(N2CCN(C(=O)c3cnc(N(C)C)cn3)CC2)s1. The highest BCUT2D eigenvalue weighted by molar-refractivity contribution is 7.15. The summed E-state index contributed by atoms with van der Waals surface area (Å²) in [6.45, 7) is 5.09. The molecule has 2 aromatic rings. The molecule has 0 bridgehead atoms. The number of nitrogens with zero attached hydrogens (tertiary/aromatic N) is 6. The van der Waals surface area contributed by atoms with Crippen LogP contribution in [-0.2, 0) is 6.42 Å². The van der Waals surface area contributed by atoms with E-state index in [9.17, 15) is 4.79 Å². The van der Waals surface area contributed by atoms with Crippen LogP contribution in [0.2, 0.25) is 0 Å². The first-order valence-corrected chi connectivity index (χ1v) is 8.88. The molecule has 3 rings (SSSR count). The van der Waals surface area contributed by atoms with Crippen molar-refractivity contribution in [2.75, 3.05) is 50.1 Å². The van der Waals surface area contributed by atoms with E-state index >= 15 is 0 Å². The van der Waals surface area contributed by atoms with Gasteiger partial charge < -0.3 is 14.7 Å². The quantitative estimate of drug-likeness (QED) is 0.836. The second-order valence-electron chi connectivity index (χ2n) is 5.90. The number of hydrogen-bond donors (Lipinski definition) is 0. The molecule has 1 aliphatic rings. The molecule has 0 aromatic carbocycles. The van der Waals surface area contributed by atoms with Crippen LogP contribution in [0.3, 0.4) is 0 Å². The molecule has 0 unspecified atom stereocenters. The highest BCUT2D eigenvalue weighted by Gasteiger charge is 2.24. The molecule has 1 amide bonds. The molecule has 0 atom stereocenters. The van der Waals surface area contributed by atoms with E-state index in [0.29, 0.717) is 18.8 Å². The third-order valence-corrected chi connectivity index (χ3v) is 5.25. The summed E-state index contributed by atoms with van der Waals surface area (Å²) in [4.78, 5) is 32.8. The summed E-state index contributed by atoms with van der Waals surface area (Å²) < 4.78 is 0. The van der Waals surface area contributed by atoms with Gasteiger partial charge in [-0.25, -0.2) is 15.0 Å². The summed E-state index contributed by atoms with van der Waals surface area (Å²) in [7, 11) is 3.79. The normalized spacial score (nSPS) is 14.8. The zero-order chi connectivity index (χ0) is 17.1. The predicted octanol–water partition coefficient (Wildman–Crippen LogP) is 1.52. The van der Waals surface area contributed by atoms with Crippen molar-refractivity contribution < 1.29 is 4.79 Å². The Bertz CT molecular complexity index is 691. The van der Waals surface area contributed by atoms with Crippen LogP contribution in [0.5, 0.6) is 0 Å². The largest absolute Gasteiger partial charge is 0.361 e. The van der Waals surface area contributed by atoms with Crippen molar-refractivity contribution in [3.05, 3.63) is 29.2 Å². The summed E-state index contributed by atoms with van der Waals surface area (Å²) in [5.74, 6) is 0.688. The lowest BCUT2D eigenvalue weighted by Crippen LogP contribution is -2.49. The van der Waals surface area contributed by atoms with Gasteiger partial charge in [-0.1, -0.05) is 6.92 Å². The lowest BCUT2D eigenvalue weighted by molar-refractivity contribution is 0.0740. The van der Waals surface area contributed by atoms with E-state index in [-0.39, 0.29) is 5.91 Å². The molecule has 2 aromatic heterocycles. The molecule has 0 spiro atoms. The molecule has 1 aliphatic heterocycles. The van der Waals surface area contributed by atoms with Crippen molar-refractivity contribution >= 4 is 28.2 Å². The fourth-order valence-corrected chi connectivity index (χ4v) is 3.43. The van der Waals surface area contributed by atoms with Gasteiger partial charge in [-0.3, -0.25) is 4.79 Å². The third kappa shape index (κ3) is 3.48. The van der Waals surface area contributed by atoms with Gasteiger partial charge in [-0.05, 0) is 6.42 Å². The van der Waals surface area contributed by atoms with Gasteiger partial charge >= 0.3 is 0 Å². The van der Waals surface area contributed by atoms with Gasteiger partial charge in [0.1, 0.15) is 11.5 Å². The minimum absolute atomic E-state index is 0.0548. The van der Waals surface area contributed by atoms with Gasteiger partial charge in [0.15, 0.2) is 5.13 Å². The molecule has 8 heteroatoms. The Balaban J connectivity index is 1.60. The zero-order valence-corrected chi connectivity index (χ0v) is 15.1. The van der Waals surface area contributed by atoms with E-state index < -0.39 is 0 Å². The molecule has 0 N–H and O–H groups in total. The maximum atomic E-state index is 12.6. The number of aromatic nitrogens is 3. The Morgan fingerprint density at radius 2 is 1.88 bits per heavy atom. The van der Waals surface area contributed by atoms with Crippen molar-refractivity contribution in [2.24, 2.45) is 0 Å². The molecule has 3 heterocycles. The van der Waals surface area contributed by atoms with Gasteiger partial charge in [0, 0.05) is 51.3 Å². The molecule has 0 saturated carbocycles. The first-order chi connectivity index (χ1) is 11.6. The number of anilines is 2. The van der Waals surface area contributed by atoms with E-state index in [2.05, 4.69) is 26.8 Å². The second-order valence-corrected chi connectivity index (χ2v) is 6.99. The number of rotatable bonds is 4. The Hall–Kier alpha value is -2.22. The Morgan fingerprint density at radius 1 is 1.12 bits per heavy atom. The van der Waals surface area contributed by atoms with E-state index in [1.807, 2.05) is 30.1 Å². The standard InChI is InChI=1S/C16H22N6OS/c1-4-12-9-19-16(24-12)22-7-5-21(6-8-22)15(23)13-10-18-14(11-17-13)20(2)3/h9-11H,4-8H2,1-3H3. The highest BCUT2D eigenvalue weighted by Crippen LogP contribution is 2.24. The molecule has 24 heavy (non-hydrogen) atoms. The number of hydrogen-bond acceptors (Lipinski definition) is 7. The van der Waals surface area contributed by atoms with E-state index in [4.69, 9.17) is 0 Å². The molecule has 7 nitrogen and oxygen atoms in total. The van der Waals surface area contributed by atoms with Crippen molar-refractivity contribution in [1.82, 2.24) is 19.9 Å². The van der Waals surface area contributed by atoms with Gasteiger partial charge in [0.2, 0.25) is 0 Å². The van der Waals surface area contributed by atoms with Gasteiger partial charge in [0.25, 0.3) is 5.91 Å². The first-order valence-electron chi connectivity index (χ1n) is 8.06. The molecular formula is C16H22N6OS. The first kappa shape index (κ1) is 16.6. The van der Waals surface area contributed by atoms with Crippen LogP contribution in [0.4, 0.5) is 10.9 Å². The van der Waals surface area contributed by atoms with Crippen molar-refractivity contribution in [1.29, 1.82) is 0 Å². The van der Waals surface area contributed by atoms with Crippen LogP contribution in [0, 0.1) is 0 Å². The van der Waals surface area contributed by atoms with Crippen LogP contribution in [0.15, 0.2) is 18.6 Å². The third-order valence-electron chi connectivity index (χ3n) is 4.04. The van der Waals surface area contributed by atoms with Crippen LogP contribution < -0.4 is 9.80 Å². The maximum Gasteiger partial charge on any atom is 0.274 e. The summed E-state index contributed by atoms with van der Waals surface area (Å²) in [5.41, 5.74) is 0.400. The predicted molar refractivity (Wildman–Crippen MR) is 96.0 cm³/mol. The molecule has 1 fully saturated rings. The van der Waals surface area contributed by atoms with Crippen LogP contribution in [0.1, 0.15) is 22.3 Å². The van der Waals surface area contributed by atoms with Crippen molar-refractivity contribution in [2.45, 2.75) is 13.3 Å². The number of carbonyl (C=O) groups is 1. The van der Waals surface area contributed by atoms with Crippen LogP contribution in [-0.4, -0.2) is 66.0 Å². The minimum atomic E-state index is -0.0548. The zero-order valence-electron chi connectivity index (χ0n) is 14.3. The van der Waals surface area contributed by atoms with Crippen molar-refractivity contribution in [3.8, 4) is 0 Å². The van der Waals surface area contributed by atoms with Gasteiger partial charge in [-0.2, -0.15) is 0 Å². The van der Waals surface area contributed by atoms with Gasteiger partial charge in [0.05, 0.1) is 12.4 Å². The molecule has 1 saturated heterocycles. The number of amides is 1. The van der Waals surface area contributed by atoms with Crippen LogP contribution in [0.25, 0.3) is 0 Å². The van der Waals surface area contributed by atoms with Crippen molar-refractivity contribution in [3.63, 3.8) is 0 Å². The topological polar surface area (TPSA) is 65.5 Å². The number of thiazole rings is 1. The summed E-state index contributed by atoms with van der Waals surface area (Å²) >= 11 is 1.73. The second kappa shape index (κ2) is 7.12. The Morgan fingerprint density at radius 3 is 2.42 bits per heavy atom. The van der Waals surface area contributed by atoms with E-state index in [1.54, 1.807) is 23.7 Å². The summed E-state index contributed by atoms with van der Waals surface area (Å²) in [6.07, 6.45) is 6.14. The number of aryl methyl sites for hydroxylation is 1. The molecule has 128 valence electrons. The minimum Gasteiger partial charge on any atom is -0.361 e. The maximum absolute atomic E-state index is 12.6. The van der Waals surface area contributed by atoms with E-state index in [1.165, 1.54) is 4.88 Å². The molecular weight excluding hydrogens is 324 g/mol. The fourth-order valence-electron chi connectivity index (χ4n) is 2.53.